The average Bonchev–Trinajstić information content (AvgIpc) is 2.19. The maximum atomic E-state index is 9.78. The van der Waals surface area contributed by atoms with Crippen molar-refractivity contribution in [2.45, 2.75) is 38.2 Å². The highest BCUT2D eigenvalue weighted by molar-refractivity contribution is 4.98. The van der Waals surface area contributed by atoms with Crippen molar-refractivity contribution in [2.24, 2.45) is 23.7 Å². The van der Waals surface area contributed by atoms with Gasteiger partial charge in [0.2, 0.25) is 0 Å². The molecule has 1 nitrogen and oxygen atoms in total. The van der Waals surface area contributed by atoms with Crippen molar-refractivity contribution in [3.63, 3.8) is 0 Å². The van der Waals surface area contributed by atoms with Crippen molar-refractivity contribution in [3.8, 4) is 0 Å². The fraction of sp³-hybridized carbons (Fsp3) is 1.00. The SMILES string of the molecule is OC1CC2CC3CC(C2)C1C3. The highest BCUT2D eigenvalue weighted by atomic mass is 16.3. The minimum absolute atomic E-state index is 0.0752. The van der Waals surface area contributed by atoms with E-state index in [0.717, 1.165) is 24.2 Å². The normalized spacial score (nSPS) is 60.3. The average molecular weight is 152 g/mol. The maximum absolute atomic E-state index is 9.78. The molecule has 3 aliphatic carbocycles. The van der Waals surface area contributed by atoms with Gasteiger partial charge in [-0.15, -0.1) is 0 Å². The Morgan fingerprint density at radius 2 is 1.55 bits per heavy atom. The Morgan fingerprint density at radius 1 is 0.818 bits per heavy atom. The Morgan fingerprint density at radius 3 is 2.36 bits per heavy atom. The second kappa shape index (κ2) is 2.01. The van der Waals surface area contributed by atoms with Crippen LogP contribution in [0.1, 0.15) is 32.1 Å². The summed E-state index contributed by atoms with van der Waals surface area (Å²) in [5.74, 6) is 3.52. The van der Waals surface area contributed by atoms with Crippen LogP contribution in [0.4, 0.5) is 0 Å². The van der Waals surface area contributed by atoms with Crippen LogP contribution in [0.15, 0.2) is 0 Å². The Bertz CT molecular complexity index is 173. The molecule has 1 heteroatoms. The molecule has 0 aliphatic heterocycles. The minimum Gasteiger partial charge on any atom is -0.393 e. The Kier molecular flexibility index (Phi) is 1.18. The molecule has 0 amide bonds. The van der Waals surface area contributed by atoms with Crippen molar-refractivity contribution in [1.82, 2.24) is 0 Å². The molecule has 3 rings (SSSR count). The number of rotatable bonds is 0. The molecule has 1 N–H and O–H groups in total. The van der Waals surface area contributed by atoms with Gasteiger partial charge in [0.25, 0.3) is 0 Å². The molecule has 0 aromatic carbocycles. The molecule has 11 heavy (non-hydrogen) atoms. The first-order valence-corrected chi connectivity index (χ1v) is 5.01. The van der Waals surface area contributed by atoms with Gasteiger partial charge < -0.3 is 5.11 Å². The number of hydrogen-bond donors (Lipinski definition) is 1. The summed E-state index contributed by atoms with van der Waals surface area (Å²) in [4.78, 5) is 0. The number of aliphatic hydroxyl groups is 1. The highest BCUT2D eigenvalue weighted by Crippen LogP contribution is 2.54. The molecule has 0 spiro atoms. The summed E-state index contributed by atoms with van der Waals surface area (Å²) < 4.78 is 0. The van der Waals surface area contributed by atoms with Gasteiger partial charge in [0.05, 0.1) is 6.10 Å². The van der Waals surface area contributed by atoms with E-state index >= 15 is 0 Å². The maximum Gasteiger partial charge on any atom is 0.0573 e. The van der Waals surface area contributed by atoms with Crippen LogP contribution >= 0.6 is 0 Å². The van der Waals surface area contributed by atoms with E-state index in [0.29, 0.717) is 5.92 Å². The molecule has 0 aromatic heterocycles. The van der Waals surface area contributed by atoms with Crippen molar-refractivity contribution in [3.05, 3.63) is 0 Å². The third kappa shape index (κ3) is 0.807. The van der Waals surface area contributed by atoms with Gasteiger partial charge in [0, 0.05) is 0 Å². The lowest BCUT2D eigenvalue weighted by Gasteiger charge is -2.36. The van der Waals surface area contributed by atoms with Gasteiger partial charge >= 0.3 is 0 Å². The Balaban J connectivity index is 1.94. The van der Waals surface area contributed by atoms with Crippen molar-refractivity contribution >= 4 is 0 Å². The molecule has 3 bridgehead atoms. The lowest BCUT2D eigenvalue weighted by molar-refractivity contribution is 0.0205. The van der Waals surface area contributed by atoms with Gasteiger partial charge in [-0.1, -0.05) is 0 Å². The van der Waals surface area contributed by atoms with Gasteiger partial charge in [0.15, 0.2) is 0 Å². The van der Waals surface area contributed by atoms with Crippen LogP contribution in [0.3, 0.4) is 0 Å². The van der Waals surface area contributed by atoms with Crippen LogP contribution in [0.25, 0.3) is 0 Å². The quantitative estimate of drug-likeness (QED) is 0.561. The summed E-state index contributed by atoms with van der Waals surface area (Å²) >= 11 is 0. The third-order valence-corrected chi connectivity index (χ3v) is 4.22. The fourth-order valence-electron chi connectivity index (χ4n) is 3.92. The molecule has 3 aliphatic rings. The van der Waals surface area contributed by atoms with Gasteiger partial charge in [0.1, 0.15) is 0 Å². The van der Waals surface area contributed by atoms with Gasteiger partial charge in [-0.25, -0.2) is 0 Å². The van der Waals surface area contributed by atoms with E-state index < -0.39 is 0 Å². The summed E-state index contributed by atoms with van der Waals surface area (Å²) in [6.45, 7) is 0. The molecule has 3 fully saturated rings. The Labute approximate surface area is 67.8 Å². The molecule has 5 unspecified atom stereocenters. The van der Waals surface area contributed by atoms with Crippen molar-refractivity contribution < 1.29 is 5.11 Å². The standard InChI is InChI=1S/C10H16O/c11-10-5-7-1-6-2-8(3-7)9(10)4-6/h6-11H,1-5H2. The Hall–Kier alpha value is -0.0400. The molecule has 5 atom stereocenters. The highest BCUT2D eigenvalue weighted by Gasteiger charge is 2.48. The summed E-state index contributed by atoms with van der Waals surface area (Å²) in [5, 5.41) is 9.78. The van der Waals surface area contributed by atoms with E-state index in [2.05, 4.69) is 0 Å². The van der Waals surface area contributed by atoms with E-state index in [1.54, 1.807) is 0 Å². The first kappa shape index (κ1) is 6.47. The van der Waals surface area contributed by atoms with Crippen LogP contribution < -0.4 is 0 Å². The van der Waals surface area contributed by atoms with Crippen LogP contribution in [-0.2, 0) is 0 Å². The lowest BCUT2D eigenvalue weighted by atomic mass is 9.71. The van der Waals surface area contributed by atoms with E-state index in [1.165, 1.54) is 25.7 Å². The predicted octanol–water partition coefficient (Wildman–Crippen LogP) is 1.80. The van der Waals surface area contributed by atoms with Crippen molar-refractivity contribution in [1.29, 1.82) is 0 Å². The zero-order valence-electron chi connectivity index (χ0n) is 6.87. The van der Waals surface area contributed by atoms with E-state index in [-0.39, 0.29) is 6.10 Å². The molecule has 0 radical (unpaired) electrons. The minimum atomic E-state index is 0.0752. The number of aliphatic hydroxyl groups excluding tert-OH is 1. The first-order valence-electron chi connectivity index (χ1n) is 5.01. The van der Waals surface area contributed by atoms with E-state index in [1.807, 2.05) is 0 Å². The molecule has 3 saturated carbocycles. The zero-order valence-corrected chi connectivity index (χ0v) is 6.87. The third-order valence-electron chi connectivity index (χ3n) is 4.22. The molecule has 62 valence electrons. The molecule has 0 aromatic rings. The smallest absolute Gasteiger partial charge is 0.0573 e. The van der Waals surface area contributed by atoms with Crippen LogP contribution in [-0.4, -0.2) is 11.2 Å². The molecule has 0 heterocycles. The van der Waals surface area contributed by atoms with Gasteiger partial charge in [-0.3, -0.25) is 0 Å². The van der Waals surface area contributed by atoms with Gasteiger partial charge in [-0.2, -0.15) is 0 Å². The van der Waals surface area contributed by atoms with Crippen LogP contribution in [0.5, 0.6) is 0 Å². The number of hydrogen-bond acceptors (Lipinski definition) is 1. The predicted molar refractivity (Wildman–Crippen MR) is 43.1 cm³/mol. The summed E-state index contributed by atoms with van der Waals surface area (Å²) in [6.07, 6.45) is 6.87. The van der Waals surface area contributed by atoms with E-state index in [4.69, 9.17) is 0 Å². The van der Waals surface area contributed by atoms with Crippen LogP contribution in [0.2, 0.25) is 0 Å². The van der Waals surface area contributed by atoms with Gasteiger partial charge in [-0.05, 0) is 55.8 Å². The second-order valence-corrected chi connectivity index (χ2v) is 4.90. The van der Waals surface area contributed by atoms with Crippen LogP contribution in [0, 0.1) is 23.7 Å². The largest absolute Gasteiger partial charge is 0.393 e. The zero-order chi connectivity index (χ0) is 7.42. The first-order chi connectivity index (χ1) is 5.33. The molecular formula is C10H16O. The van der Waals surface area contributed by atoms with E-state index in [9.17, 15) is 5.11 Å². The lowest BCUT2D eigenvalue weighted by Crippen LogP contribution is -2.33. The topological polar surface area (TPSA) is 20.2 Å². The summed E-state index contributed by atoms with van der Waals surface area (Å²) in [7, 11) is 0. The summed E-state index contributed by atoms with van der Waals surface area (Å²) in [5.41, 5.74) is 0. The fourth-order valence-corrected chi connectivity index (χ4v) is 3.92. The van der Waals surface area contributed by atoms with Crippen molar-refractivity contribution in [2.75, 3.05) is 0 Å². The summed E-state index contributed by atoms with van der Waals surface area (Å²) in [6, 6.07) is 0. The number of fused-ring (bicyclic) bond motifs is 2. The second-order valence-electron chi connectivity index (χ2n) is 4.90. The molecule has 0 saturated heterocycles. The monoisotopic (exact) mass is 152 g/mol. The molecular weight excluding hydrogens is 136 g/mol.